The van der Waals surface area contributed by atoms with Crippen molar-refractivity contribution in [1.29, 1.82) is 0 Å². The van der Waals surface area contributed by atoms with Gasteiger partial charge in [0.05, 0.1) is 17.9 Å². The third-order valence-corrected chi connectivity index (χ3v) is 5.30. The summed E-state index contributed by atoms with van der Waals surface area (Å²) in [5.41, 5.74) is -1.76. The summed E-state index contributed by atoms with van der Waals surface area (Å²) in [4.78, 5) is 39.6. The molecule has 4 rings (SSSR count). The van der Waals surface area contributed by atoms with E-state index in [1.807, 2.05) is 6.92 Å². The number of ether oxygens (including phenoxy) is 1. The van der Waals surface area contributed by atoms with Crippen molar-refractivity contribution in [2.75, 3.05) is 11.4 Å². The highest BCUT2D eigenvalue weighted by Crippen LogP contribution is 2.49. The van der Waals surface area contributed by atoms with E-state index in [0.717, 1.165) is 10.6 Å². The summed E-state index contributed by atoms with van der Waals surface area (Å²) >= 11 is 0. The van der Waals surface area contributed by atoms with Gasteiger partial charge in [-0.25, -0.2) is 13.8 Å². The van der Waals surface area contributed by atoms with Gasteiger partial charge < -0.3 is 4.74 Å². The van der Waals surface area contributed by atoms with E-state index in [4.69, 9.17) is 11.2 Å². The van der Waals surface area contributed by atoms with Crippen LogP contribution >= 0.6 is 0 Å². The van der Waals surface area contributed by atoms with E-state index in [1.54, 1.807) is 6.92 Å². The predicted molar refractivity (Wildman–Crippen MR) is 105 cm³/mol. The minimum absolute atomic E-state index is 0.0229. The fraction of sp³-hybridized carbons (Fsp3) is 0.381. The average Bonchev–Trinajstić information content (AvgIpc) is 3.44. The molecular formula is C21H20FN3O4. The highest BCUT2D eigenvalue weighted by molar-refractivity contribution is 6.05. The summed E-state index contributed by atoms with van der Waals surface area (Å²) in [5, 5.41) is 0. The first-order valence-corrected chi connectivity index (χ1v) is 9.45. The van der Waals surface area contributed by atoms with Crippen LogP contribution < -0.4 is 20.9 Å². The number of nitrogens with zero attached hydrogens (tertiary/aromatic N) is 3. The fourth-order valence-electron chi connectivity index (χ4n) is 3.69. The SMILES string of the molecule is C#CCN1C(=O)C2(CC2)Oc2cc(F)c(-n3c(=O)cc(C)n(CCC)c3=O)cc21. The van der Waals surface area contributed by atoms with Crippen LogP contribution in [0, 0.1) is 25.1 Å². The highest BCUT2D eigenvalue weighted by atomic mass is 19.1. The van der Waals surface area contributed by atoms with Crippen LogP contribution in [0.4, 0.5) is 10.1 Å². The van der Waals surface area contributed by atoms with Crippen LogP contribution in [-0.2, 0) is 11.3 Å². The number of amides is 1. The van der Waals surface area contributed by atoms with Gasteiger partial charge in [0.15, 0.2) is 11.4 Å². The molecule has 2 aromatic rings. The lowest BCUT2D eigenvalue weighted by molar-refractivity contribution is -0.128. The molecule has 2 heterocycles. The lowest BCUT2D eigenvalue weighted by atomic mass is 10.1. The van der Waals surface area contributed by atoms with Gasteiger partial charge in [0, 0.05) is 37.2 Å². The Balaban J connectivity index is 1.94. The minimum atomic E-state index is -0.980. The second kappa shape index (κ2) is 6.62. The number of anilines is 1. The Labute approximate surface area is 166 Å². The van der Waals surface area contributed by atoms with Gasteiger partial charge in [-0.3, -0.25) is 19.1 Å². The molecular weight excluding hydrogens is 377 g/mol. The Morgan fingerprint density at radius 1 is 1.21 bits per heavy atom. The predicted octanol–water partition coefficient (Wildman–Crippen LogP) is 1.75. The number of hydrogen-bond acceptors (Lipinski definition) is 4. The number of terminal acetylenes is 1. The van der Waals surface area contributed by atoms with Crippen molar-refractivity contribution < 1.29 is 13.9 Å². The molecule has 1 aromatic carbocycles. The molecule has 8 heteroatoms. The maximum absolute atomic E-state index is 15.0. The molecule has 7 nitrogen and oxygen atoms in total. The van der Waals surface area contributed by atoms with Crippen LogP contribution in [0.15, 0.2) is 27.8 Å². The van der Waals surface area contributed by atoms with Gasteiger partial charge in [0.1, 0.15) is 5.75 Å². The van der Waals surface area contributed by atoms with Crippen LogP contribution in [0.3, 0.4) is 0 Å². The number of aryl methyl sites for hydroxylation is 1. The normalized spacial score (nSPS) is 16.3. The molecule has 1 aliphatic carbocycles. The van der Waals surface area contributed by atoms with Crippen LogP contribution in [0.25, 0.3) is 5.69 Å². The molecule has 2 aliphatic rings. The van der Waals surface area contributed by atoms with Gasteiger partial charge in [0.25, 0.3) is 11.5 Å². The Morgan fingerprint density at radius 3 is 2.55 bits per heavy atom. The van der Waals surface area contributed by atoms with E-state index in [2.05, 4.69) is 5.92 Å². The Kier molecular flexibility index (Phi) is 4.34. The molecule has 1 saturated carbocycles. The molecule has 0 bridgehead atoms. The zero-order valence-corrected chi connectivity index (χ0v) is 16.2. The van der Waals surface area contributed by atoms with Crippen molar-refractivity contribution in [1.82, 2.24) is 9.13 Å². The van der Waals surface area contributed by atoms with Crippen molar-refractivity contribution in [2.45, 2.75) is 45.3 Å². The molecule has 1 aromatic heterocycles. The summed E-state index contributed by atoms with van der Waals surface area (Å²) in [6, 6.07) is 3.68. The molecule has 0 atom stereocenters. The van der Waals surface area contributed by atoms with Gasteiger partial charge in [0.2, 0.25) is 0 Å². The second-order valence-corrected chi connectivity index (χ2v) is 7.36. The van der Waals surface area contributed by atoms with Gasteiger partial charge in [-0.2, -0.15) is 0 Å². The van der Waals surface area contributed by atoms with Crippen molar-refractivity contribution >= 4 is 11.6 Å². The molecule has 1 amide bonds. The van der Waals surface area contributed by atoms with Crippen molar-refractivity contribution in [3.63, 3.8) is 0 Å². The Morgan fingerprint density at radius 2 is 1.93 bits per heavy atom. The van der Waals surface area contributed by atoms with Gasteiger partial charge >= 0.3 is 5.69 Å². The van der Waals surface area contributed by atoms with E-state index < -0.39 is 22.7 Å². The van der Waals surface area contributed by atoms with E-state index in [0.29, 0.717) is 31.5 Å². The first kappa shape index (κ1) is 19.0. The van der Waals surface area contributed by atoms with Crippen molar-refractivity contribution in [2.24, 2.45) is 0 Å². The fourth-order valence-corrected chi connectivity index (χ4v) is 3.69. The topological polar surface area (TPSA) is 73.5 Å². The molecule has 1 aliphatic heterocycles. The quantitative estimate of drug-likeness (QED) is 0.737. The van der Waals surface area contributed by atoms with Gasteiger partial charge in [-0.1, -0.05) is 12.8 Å². The smallest absolute Gasteiger partial charge is 0.335 e. The molecule has 150 valence electrons. The first-order valence-electron chi connectivity index (χ1n) is 9.45. The molecule has 29 heavy (non-hydrogen) atoms. The molecule has 0 unspecified atom stereocenters. The number of hydrogen-bond donors (Lipinski definition) is 0. The Bertz CT molecular complexity index is 1180. The molecule has 0 saturated heterocycles. The van der Waals surface area contributed by atoms with Crippen LogP contribution in [0.2, 0.25) is 0 Å². The third kappa shape index (κ3) is 2.85. The van der Waals surface area contributed by atoms with Crippen LogP contribution in [0.1, 0.15) is 31.9 Å². The van der Waals surface area contributed by atoms with Gasteiger partial charge in [-0.15, -0.1) is 6.42 Å². The lowest BCUT2D eigenvalue weighted by Gasteiger charge is -2.34. The zero-order chi connectivity index (χ0) is 20.9. The van der Waals surface area contributed by atoms with Crippen molar-refractivity contribution in [3.8, 4) is 23.8 Å². The number of carbonyl (C=O) groups is 1. The monoisotopic (exact) mass is 397 g/mol. The molecule has 0 radical (unpaired) electrons. The van der Waals surface area contributed by atoms with Crippen LogP contribution in [-0.4, -0.2) is 27.2 Å². The van der Waals surface area contributed by atoms with E-state index in [9.17, 15) is 18.8 Å². The summed E-state index contributed by atoms with van der Waals surface area (Å²) in [7, 11) is 0. The van der Waals surface area contributed by atoms with Crippen LogP contribution in [0.5, 0.6) is 5.75 Å². The number of carbonyl (C=O) groups excluding carboxylic acids is 1. The van der Waals surface area contributed by atoms with Crippen molar-refractivity contribution in [3.05, 3.63) is 50.5 Å². The molecule has 0 N–H and O–H groups in total. The summed E-state index contributed by atoms with van der Waals surface area (Å²) < 4.78 is 22.9. The summed E-state index contributed by atoms with van der Waals surface area (Å²) in [5.74, 6) is 1.52. The summed E-state index contributed by atoms with van der Waals surface area (Å²) in [6.07, 6.45) is 7.16. The molecule has 1 spiro atoms. The second-order valence-electron chi connectivity index (χ2n) is 7.36. The third-order valence-electron chi connectivity index (χ3n) is 5.30. The molecule has 1 fully saturated rings. The van der Waals surface area contributed by atoms with E-state index >= 15 is 0 Å². The summed E-state index contributed by atoms with van der Waals surface area (Å²) in [6.45, 7) is 3.92. The standard InChI is InChI=1S/C21H20FN3O4/c1-4-8-23-13(3)10-18(26)25(20(23)28)15-12-16-17(11-14(15)22)29-21(6-7-21)19(27)24(16)9-5-2/h2,10-12H,4,6-9H2,1,3H3. The lowest BCUT2D eigenvalue weighted by Crippen LogP contribution is -2.48. The van der Waals surface area contributed by atoms with E-state index in [1.165, 1.54) is 21.6 Å². The minimum Gasteiger partial charge on any atom is -0.475 e. The van der Waals surface area contributed by atoms with Gasteiger partial charge in [-0.05, 0) is 19.4 Å². The number of benzene rings is 1. The number of rotatable bonds is 4. The number of fused-ring (bicyclic) bond motifs is 1. The highest BCUT2D eigenvalue weighted by Gasteiger charge is 2.58. The zero-order valence-electron chi connectivity index (χ0n) is 16.2. The maximum Gasteiger partial charge on any atom is 0.335 e. The average molecular weight is 397 g/mol. The largest absolute Gasteiger partial charge is 0.475 e. The maximum atomic E-state index is 15.0. The number of halogens is 1. The number of aromatic nitrogens is 2. The van der Waals surface area contributed by atoms with E-state index in [-0.39, 0.29) is 29.6 Å². The first-order chi connectivity index (χ1) is 13.8. The Hall–Kier alpha value is -3.34.